The monoisotopic (exact) mass is 301 g/mol. The maximum absolute atomic E-state index is 12.2. The zero-order valence-electron chi connectivity index (χ0n) is 10.9. The Morgan fingerprint density at radius 3 is 2.63 bits per heavy atom. The second-order valence-corrected chi connectivity index (χ2v) is 6.25. The molecule has 8 heteroatoms. The van der Waals surface area contributed by atoms with Gasteiger partial charge in [-0.25, -0.2) is 4.98 Å². The SMILES string of the molecule is COC1(NC(=O)c2nc(SC)sc2NC(C)=O)CC1. The van der Waals surface area contributed by atoms with Crippen LogP contribution in [0.5, 0.6) is 0 Å². The highest BCUT2D eigenvalue weighted by molar-refractivity contribution is 8.00. The van der Waals surface area contributed by atoms with Crippen LogP contribution < -0.4 is 10.6 Å². The minimum Gasteiger partial charge on any atom is -0.359 e. The number of hydrogen-bond donors (Lipinski definition) is 2. The van der Waals surface area contributed by atoms with Crippen LogP contribution in [0.2, 0.25) is 0 Å². The van der Waals surface area contributed by atoms with Crippen LogP contribution >= 0.6 is 23.1 Å². The third-order valence-corrected chi connectivity index (χ3v) is 4.68. The van der Waals surface area contributed by atoms with Crippen LogP contribution in [0.25, 0.3) is 0 Å². The summed E-state index contributed by atoms with van der Waals surface area (Å²) >= 11 is 2.72. The molecule has 1 aromatic heterocycles. The van der Waals surface area contributed by atoms with E-state index in [0.29, 0.717) is 5.00 Å². The summed E-state index contributed by atoms with van der Waals surface area (Å²) in [5.41, 5.74) is -0.304. The topological polar surface area (TPSA) is 80.3 Å². The number of nitrogens with one attached hydrogen (secondary N) is 2. The van der Waals surface area contributed by atoms with E-state index in [4.69, 9.17) is 4.74 Å². The van der Waals surface area contributed by atoms with Crippen molar-refractivity contribution in [1.82, 2.24) is 10.3 Å². The average molecular weight is 301 g/mol. The number of hydrogen-bond acceptors (Lipinski definition) is 6. The van der Waals surface area contributed by atoms with Gasteiger partial charge >= 0.3 is 0 Å². The Kier molecular flexibility index (Phi) is 4.12. The van der Waals surface area contributed by atoms with E-state index in [1.54, 1.807) is 7.11 Å². The number of rotatable bonds is 5. The first-order chi connectivity index (χ1) is 8.99. The summed E-state index contributed by atoms with van der Waals surface area (Å²) in [7, 11) is 1.57. The number of carbonyl (C=O) groups excluding carboxylic acids is 2. The summed E-state index contributed by atoms with van der Waals surface area (Å²) in [6, 6.07) is 0. The molecule has 1 aliphatic rings. The maximum atomic E-state index is 12.2. The summed E-state index contributed by atoms with van der Waals surface area (Å²) in [6.07, 6.45) is 3.46. The largest absolute Gasteiger partial charge is 0.359 e. The van der Waals surface area contributed by atoms with Crippen molar-refractivity contribution >= 4 is 39.9 Å². The predicted molar refractivity (Wildman–Crippen MR) is 74.6 cm³/mol. The zero-order chi connectivity index (χ0) is 14.0. The van der Waals surface area contributed by atoms with Gasteiger partial charge < -0.3 is 15.4 Å². The molecule has 2 amide bonds. The van der Waals surface area contributed by atoms with Crippen molar-refractivity contribution in [2.45, 2.75) is 29.8 Å². The third-order valence-electron chi connectivity index (χ3n) is 2.72. The molecule has 1 heterocycles. The molecule has 0 atom stereocenters. The van der Waals surface area contributed by atoms with Crippen molar-refractivity contribution in [3.05, 3.63) is 5.69 Å². The van der Waals surface area contributed by atoms with E-state index in [9.17, 15) is 9.59 Å². The van der Waals surface area contributed by atoms with Gasteiger partial charge in [-0.2, -0.15) is 0 Å². The molecule has 104 valence electrons. The van der Waals surface area contributed by atoms with Crippen LogP contribution in [-0.4, -0.2) is 35.9 Å². The fraction of sp³-hybridized carbons (Fsp3) is 0.545. The van der Waals surface area contributed by atoms with Gasteiger partial charge in [0.1, 0.15) is 10.7 Å². The molecule has 1 saturated carbocycles. The van der Waals surface area contributed by atoms with Gasteiger partial charge in [0.05, 0.1) is 0 Å². The molecule has 0 bridgehead atoms. The quantitative estimate of drug-likeness (QED) is 0.639. The molecule has 19 heavy (non-hydrogen) atoms. The van der Waals surface area contributed by atoms with E-state index in [0.717, 1.165) is 17.2 Å². The lowest BCUT2D eigenvalue weighted by molar-refractivity contribution is -0.114. The molecular formula is C11H15N3O3S2. The smallest absolute Gasteiger partial charge is 0.275 e. The van der Waals surface area contributed by atoms with Crippen LogP contribution in [0.1, 0.15) is 30.3 Å². The third kappa shape index (κ3) is 3.26. The minimum atomic E-state index is -0.548. The van der Waals surface area contributed by atoms with Crippen LogP contribution in [0.3, 0.4) is 0 Å². The van der Waals surface area contributed by atoms with Gasteiger partial charge in [-0.05, 0) is 19.1 Å². The number of anilines is 1. The first-order valence-electron chi connectivity index (χ1n) is 5.70. The molecule has 0 saturated heterocycles. The molecule has 0 unspecified atom stereocenters. The Labute approximate surface area is 119 Å². The van der Waals surface area contributed by atoms with E-state index in [1.165, 1.54) is 30.0 Å². The highest BCUT2D eigenvalue weighted by Crippen LogP contribution is 2.37. The van der Waals surface area contributed by atoms with Gasteiger partial charge in [-0.1, -0.05) is 23.1 Å². The normalized spacial score (nSPS) is 15.9. The Balaban J connectivity index is 2.19. The standard InChI is InChI=1S/C11H15N3O3S2/c1-6(15)12-9-7(13-10(18-3)19-9)8(16)14-11(17-2)4-5-11/h4-5H2,1-3H3,(H,12,15)(H,14,16). The Hall–Kier alpha value is -1.12. The highest BCUT2D eigenvalue weighted by atomic mass is 32.2. The molecule has 0 spiro atoms. The fourth-order valence-corrected chi connectivity index (χ4v) is 3.05. The first kappa shape index (κ1) is 14.3. The Bertz CT molecular complexity index is 511. The van der Waals surface area contributed by atoms with E-state index in [1.807, 2.05) is 6.26 Å². The second-order valence-electron chi connectivity index (χ2n) is 4.20. The molecule has 1 aliphatic carbocycles. The lowest BCUT2D eigenvalue weighted by Gasteiger charge is -2.14. The molecule has 0 radical (unpaired) electrons. The van der Waals surface area contributed by atoms with Gasteiger partial charge in [-0.15, -0.1) is 0 Å². The summed E-state index contributed by atoms with van der Waals surface area (Å²) in [4.78, 5) is 27.6. The number of ether oxygens (including phenoxy) is 1. The van der Waals surface area contributed by atoms with E-state index >= 15 is 0 Å². The number of amides is 2. The van der Waals surface area contributed by atoms with Crippen LogP contribution in [-0.2, 0) is 9.53 Å². The van der Waals surface area contributed by atoms with Crippen molar-refractivity contribution in [2.24, 2.45) is 0 Å². The number of aromatic nitrogens is 1. The number of thiazole rings is 1. The van der Waals surface area contributed by atoms with E-state index in [2.05, 4.69) is 15.6 Å². The summed E-state index contributed by atoms with van der Waals surface area (Å²) in [5.74, 6) is -0.544. The van der Waals surface area contributed by atoms with Crippen LogP contribution in [0.15, 0.2) is 4.34 Å². The predicted octanol–water partition coefficient (Wildman–Crippen LogP) is 1.69. The Morgan fingerprint density at radius 1 is 1.47 bits per heavy atom. The van der Waals surface area contributed by atoms with E-state index in [-0.39, 0.29) is 17.5 Å². The number of nitrogens with zero attached hydrogens (tertiary/aromatic N) is 1. The molecule has 0 aromatic carbocycles. The van der Waals surface area contributed by atoms with E-state index < -0.39 is 5.72 Å². The van der Waals surface area contributed by atoms with Crippen LogP contribution in [0, 0.1) is 0 Å². The van der Waals surface area contributed by atoms with Crippen molar-refractivity contribution in [2.75, 3.05) is 18.7 Å². The number of carbonyl (C=O) groups is 2. The van der Waals surface area contributed by atoms with Gasteiger partial charge in [-0.3, -0.25) is 9.59 Å². The van der Waals surface area contributed by atoms with Crippen molar-refractivity contribution in [3.8, 4) is 0 Å². The highest BCUT2D eigenvalue weighted by Gasteiger charge is 2.45. The zero-order valence-corrected chi connectivity index (χ0v) is 12.5. The molecule has 6 nitrogen and oxygen atoms in total. The van der Waals surface area contributed by atoms with Gasteiger partial charge in [0.2, 0.25) is 5.91 Å². The number of thioether (sulfide) groups is 1. The molecule has 0 aliphatic heterocycles. The van der Waals surface area contributed by atoms with Gasteiger partial charge in [0.25, 0.3) is 5.91 Å². The first-order valence-corrected chi connectivity index (χ1v) is 7.74. The molecule has 1 fully saturated rings. The summed E-state index contributed by atoms with van der Waals surface area (Å²) in [6.45, 7) is 1.40. The Morgan fingerprint density at radius 2 is 2.16 bits per heavy atom. The summed E-state index contributed by atoms with van der Waals surface area (Å²) < 4.78 is 5.98. The molecule has 2 N–H and O–H groups in total. The van der Waals surface area contributed by atoms with Crippen LogP contribution in [0.4, 0.5) is 5.00 Å². The lowest BCUT2D eigenvalue weighted by Crippen LogP contribution is -2.38. The fourth-order valence-electron chi connectivity index (χ4n) is 1.55. The average Bonchev–Trinajstić information content (AvgIpc) is 3.01. The minimum absolute atomic E-state index is 0.224. The van der Waals surface area contributed by atoms with Crippen molar-refractivity contribution in [3.63, 3.8) is 0 Å². The van der Waals surface area contributed by atoms with Crippen molar-refractivity contribution < 1.29 is 14.3 Å². The van der Waals surface area contributed by atoms with Gasteiger partial charge in [0.15, 0.2) is 10.0 Å². The lowest BCUT2D eigenvalue weighted by atomic mass is 10.4. The second kappa shape index (κ2) is 5.48. The van der Waals surface area contributed by atoms with Gasteiger partial charge in [0, 0.05) is 14.0 Å². The summed E-state index contributed by atoms with van der Waals surface area (Å²) in [5, 5.41) is 5.92. The molecule has 2 rings (SSSR count). The van der Waals surface area contributed by atoms with Crippen molar-refractivity contribution in [1.29, 1.82) is 0 Å². The maximum Gasteiger partial charge on any atom is 0.275 e. The number of methoxy groups -OCH3 is 1. The molecular weight excluding hydrogens is 286 g/mol. The molecule has 1 aromatic rings.